The molecule has 0 heterocycles. The fourth-order valence-corrected chi connectivity index (χ4v) is 1.96. The average Bonchev–Trinajstić information content (AvgIpc) is 2.64. The summed E-state index contributed by atoms with van der Waals surface area (Å²) in [7, 11) is 0. The molecule has 0 unspecified atom stereocenters. The van der Waals surface area contributed by atoms with Crippen molar-refractivity contribution in [2.45, 2.75) is 13.3 Å². The first-order chi connectivity index (χ1) is 12.1. The van der Waals surface area contributed by atoms with Gasteiger partial charge in [0.15, 0.2) is 6.61 Å². The lowest BCUT2D eigenvalue weighted by Crippen LogP contribution is -2.43. The van der Waals surface area contributed by atoms with E-state index in [2.05, 4.69) is 10.9 Å². The van der Waals surface area contributed by atoms with Crippen LogP contribution in [0, 0.1) is 5.82 Å². The number of amides is 2. The molecule has 2 aromatic carbocycles. The number of nitrogens with one attached hydrogen (secondary N) is 2. The Bertz CT molecular complexity index is 758. The summed E-state index contributed by atoms with van der Waals surface area (Å²) in [6.07, 6.45) is 3.37. The molecule has 2 N–H and O–H groups in total. The van der Waals surface area contributed by atoms with Crippen LogP contribution in [0.25, 0.3) is 6.08 Å². The number of benzene rings is 2. The number of hydrazine groups is 1. The molecule has 0 saturated carbocycles. The fraction of sp³-hybridized carbons (Fsp3) is 0.158. The number of carbonyl (C=O) groups is 2. The van der Waals surface area contributed by atoms with Crippen LogP contribution in [0.2, 0.25) is 0 Å². The zero-order valence-electron chi connectivity index (χ0n) is 13.8. The highest BCUT2D eigenvalue weighted by molar-refractivity contribution is 5.93. The van der Waals surface area contributed by atoms with Gasteiger partial charge in [0.25, 0.3) is 11.8 Å². The van der Waals surface area contributed by atoms with Crippen molar-refractivity contribution in [3.63, 3.8) is 0 Å². The summed E-state index contributed by atoms with van der Waals surface area (Å²) < 4.78 is 18.7. The molecular weight excluding hydrogens is 323 g/mol. The zero-order chi connectivity index (χ0) is 18.1. The number of ether oxygens (including phenoxy) is 1. The highest BCUT2D eigenvalue weighted by Gasteiger charge is 2.04. The van der Waals surface area contributed by atoms with Gasteiger partial charge in [0, 0.05) is 11.6 Å². The lowest BCUT2D eigenvalue weighted by atomic mass is 10.2. The van der Waals surface area contributed by atoms with Crippen LogP contribution in [0.5, 0.6) is 5.75 Å². The van der Waals surface area contributed by atoms with Gasteiger partial charge in [-0.05, 0) is 36.3 Å². The van der Waals surface area contributed by atoms with Gasteiger partial charge in [0.1, 0.15) is 11.6 Å². The van der Waals surface area contributed by atoms with Crippen LogP contribution in [0.15, 0.2) is 54.6 Å². The second-order valence-electron chi connectivity index (χ2n) is 5.18. The quantitative estimate of drug-likeness (QED) is 0.626. The van der Waals surface area contributed by atoms with Crippen molar-refractivity contribution in [1.82, 2.24) is 10.9 Å². The van der Waals surface area contributed by atoms with Crippen molar-refractivity contribution in [3.05, 3.63) is 71.6 Å². The molecule has 0 atom stereocenters. The largest absolute Gasteiger partial charge is 0.484 e. The van der Waals surface area contributed by atoms with Gasteiger partial charge in [0.2, 0.25) is 0 Å². The van der Waals surface area contributed by atoms with Gasteiger partial charge >= 0.3 is 0 Å². The monoisotopic (exact) mass is 342 g/mol. The van der Waals surface area contributed by atoms with Gasteiger partial charge in [-0.1, -0.05) is 37.3 Å². The molecule has 2 rings (SSSR count). The van der Waals surface area contributed by atoms with E-state index in [4.69, 9.17) is 4.74 Å². The molecule has 2 aromatic rings. The third-order valence-corrected chi connectivity index (χ3v) is 3.35. The zero-order valence-corrected chi connectivity index (χ0v) is 13.8. The third-order valence-electron chi connectivity index (χ3n) is 3.35. The van der Waals surface area contributed by atoms with Crippen LogP contribution >= 0.6 is 0 Å². The van der Waals surface area contributed by atoms with E-state index in [0.29, 0.717) is 5.75 Å². The summed E-state index contributed by atoms with van der Waals surface area (Å²) in [6.45, 7) is 1.81. The topological polar surface area (TPSA) is 67.4 Å². The first-order valence-electron chi connectivity index (χ1n) is 7.81. The summed E-state index contributed by atoms with van der Waals surface area (Å²) in [6, 6.07) is 13.4. The van der Waals surface area contributed by atoms with Crippen LogP contribution in [0.1, 0.15) is 18.1 Å². The Kier molecular flexibility index (Phi) is 6.71. The van der Waals surface area contributed by atoms with Crippen molar-refractivity contribution < 1.29 is 18.7 Å². The minimum Gasteiger partial charge on any atom is -0.484 e. The van der Waals surface area contributed by atoms with Crippen LogP contribution in [0.3, 0.4) is 0 Å². The Morgan fingerprint density at radius 2 is 1.80 bits per heavy atom. The van der Waals surface area contributed by atoms with Crippen molar-refractivity contribution in [2.75, 3.05) is 6.61 Å². The summed E-state index contributed by atoms with van der Waals surface area (Å²) in [5, 5.41) is 0. The maximum Gasteiger partial charge on any atom is 0.276 e. The smallest absolute Gasteiger partial charge is 0.276 e. The highest BCUT2D eigenvalue weighted by Crippen LogP contribution is 2.12. The molecule has 6 heteroatoms. The average molecular weight is 342 g/mol. The number of hydrogen-bond acceptors (Lipinski definition) is 3. The van der Waals surface area contributed by atoms with E-state index < -0.39 is 17.6 Å². The molecule has 0 aromatic heterocycles. The minimum absolute atomic E-state index is 0.233. The Labute approximate surface area is 145 Å². The van der Waals surface area contributed by atoms with E-state index in [1.165, 1.54) is 23.8 Å². The van der Waals surface area contributed by atoms with Gasteiger partial charge in [-0.25, -0.2) is 4.39 Å². The molecule has 0 radical (unpaired) electrons. The number of hydrogen-bond donors (Lipinski definition) is 2. The second kappa shape index (κ2) is 9.22. The van der Waals surface area contributed by atoms with Crippen molar-refractivity contribution in [1.29, 1.82) is 0 Å². The van der Waals surface area contributed by atoms with Crippen LogP contribution in [0.4, 0.5) is 4.39 Å². The highest BCUT2D eigenvalue weighted by atomic mass is 19.1. The minimum atomic E-state index is -0.580. The summed E-state index contributed by atoms with van der Waals surface area (Å²) in [4.78, 5) is 23.2. The van der Waals surface area contributed by atoms with E-state index in [-0.39, 0.29) is 12.2 Å². The van der Waals surface area contributed by atoms with Gasteiger partial charge in [-0.3, -0.25) is 20.4 Å². The molecule has 0 aliphatic rings. The number of rotatable bonds is 6. The van der Waals surface area contributed by atoms with Crippen molar-refractivity contribution in [3.8, 4) is 5.75 Å². The Morgan fingerprint density at radius 3 is 2.48 bits per heavy atom. The van der Waals surface area contributed by atoms with E-state index >= 15 is 0 Å². The first-order valence-corrected chi connectivity index (χ1v) is 7.81. The molecule has 5 nitrogen and oxygen atoms in total. The molecular formula is C19H19FN2O3. The number of halogens is 1. The van der Waals surface area contributed by atoms with Gasteiger partial charge in [-0.15, -0.1) is 0 Å². The normalized spacial score (nSPS) is 10.5. The van der Waals surface area contributed by atoms with Crippen molar-refractivity contribution >= 4 is 17.9 Å². The van der Waals surface area contributed by atoms with Crippen LogP contribution in [-0.2, 0) is 16.0 Å². The molecule has 130 valence electrons. The van der Waals surface area contributed by atoms with Gasteiger partial charge in [0.05, 0.1) is 0 Å². The second-order valence-corrected chi connectivity index (χ2v) is 5.18. The predicted molar refractivity (Wildman–Crippen MR) is 93.0 cm³/mol. The number of aryl methyl sites for hydroxylation is 1. The molecule has 2 amide bonds. The van der Waals surface area contributed by atoms with Crippen molar-refractivity contribution in [2.24, 2.45) is 0 Å². The molecule has 0 saturated heterocycles. The molecule has 25 heavy (non-hydrogen) atoms. The molecule has 0 aliphatic heterocycles. The maximum atomic E-state index is 13.4. The SMILES string of the molecule is CCc1ccc(OCC(=O)NNC(=O)/C=C/c2ccccc2F)cc1. The maximum absolute atomic E-state index is 13.4. The Hall–Kier alpha value is -3.15. The fourth-order valence-electron chi connectivity index (χ4n) is 1.96. The molecule has 0 aliphatic carbocycles. The van der Waals surface area contributed by atoms with E-state index in [1.807, 2.05) is 19.1 Å². The van der Waals surface area contributed by atoms with E-state index in [0.717, 1.165) is 12.5 Å². The number of carbonyl (C=O) groups excluding carboxylic acids is 2. The predicted octanol–water partition coefficient (Wildman–Crippen LogP) is 2.63. The third kappa shape index (κ3) is 6.10. The first kappa shape index (κ1) is 18.2. The molecule has 0 spiro atoms. The summed E-state index contributed by atoms with van der Waals surface area (Å²) in [5.41, 5.74) is 5.87. The molecule has 0 fully saturated rings. The summed E-state index contributed by atoms with van der Waals surface area (Å²) in [5.74, 6) is -0.952. The Balaban J connectivity index is 1.73. The van der Waals surface area contributed by atoms with E-state index in [9.17, 15) is 14.0 Å². The van der Waals surface area contributed by atoms with E-state index in [1.54, 1.807) is 24.3 Å². The van der Waals surface area contributed by atoms with Crippen LogP contribution < -0.4 is 15.6 Å². The summed E-state index contributed by atoms with van der Waals surface area (Å²) >= 11 is 0. The Morgan fingerprint density at radius 1 is 1.08 bits per heavy atom. The standard InChI is InChI=1S/C19H19FN2O3/c1-2-14-7-10-16(11-8-14)25-13-19(24)22-21-18(23)12-9-15-5-3-4-6-17(15)20/h3-12H,2,13H2,1H3,(H,21,23)(H,22,24)/b12-9+. The van der Waals surface area contributed by atoms with Gasteiger partial charge in [-0.2, -0.15) is 0 Å². The lowest BCUT2D eigenvalue weighted by molar-refractivity contribution is -0.128. The molecule has 0 bridgehead atoms. The van der Waals surface area contributed by atoms with Crippen LogP contribution in [-0.4, -0.2) is 18.4 Å². The van der Waals surface area contributed by atoms with Gasteiger partial charge < -0.3 is 4.74 Å². The lowest BCUT2D eigenvalue weighted by Gasteiger charge is -2.08.